The minimum absolute atomic E-state index is 0. The van der Waals surface area contributed by atoms with Gasteiger partial charge >= 0.3 is 30.2 Å². The summed E-state index contributed by atoms with van der Waals surface area (Å²) in [5.74, 6) is 0. The molecule has 0 radical (unpaired) electrons. The van der Waals surface area contributed by atoms with Crippen LogP contribution in [0.4, 0.5) is 0 Å². The molecule has 0 atom stereocenters. The largest absolute Gasteiger partial charge is 0.179 e. The van der Waals surface area contributed by atoms with Crippen molar-refractivity contribution in [1.29, 1.82) is 0 Å². The Hall–Kier alpha value is -2.09. The Morgan fingerprint density at radius 3 is 1.80 bits per heavy atom. The van der Waals surface area contributed by atoms with Crippen molar-refractivity contribution in [3.63, 3.8) is 0 Å². The SMILES string of the molecule is Cl.Cl.[C-]1=CC=CC1.[SiH2]=[Zr].[c-]1cccc2c1Cc1ccccc1-2.c1ccc([CH-]c2ccccc2)cc1. The maximum Gasteiger partial charge on any atom is -0.0253 e. The summed E-state index contributed by atoms with van der Waals surface area (Å²) in [5.41, 5.74) is 8.00. The Morgan fingerprint density at radius 2 is 1.26 bits per heavy atom. The van der Waals surface area contributed by atoms with Crippen LogP contribution in [0.3, 0.4) is 0 Å². The summed E-state index contributed by atoms with van der Waals surface area (Å²) in [5, 5.41) is 0. The summed E-state index contributed by atoms with van der Waals surface area (Å²) in [7, 11) is 0. The van der Waals surface area contributed by atoms with E-state index in [4.69, 9.17) is 0 Å². The molecule has 0 nitrogen and oxygen atoms in total. The molecule has 0 unspecified atom stereocenters. The molecule has 178 valence electrons. The zero-order valence-corrected chi connectivity index (χ0v) is 25.1. The van der Waals surface area contributed by atoms with E-state index in [0.29, 0.717) is 0 Å². The molecule has 0 fully saturated rings. The van der Waals surface area contributed by atoms with Gasteiger partial charge in [0.05, 0.1) is 0 Å². The Balaban J connectivity index is 0.000000265. The van der Waals surface area contributed by atoms with Gasteiger partial charge in [0.2, 0.25) is 0 Å². The molecule has 0 spiro atoms. The average molecular weight is 592 g/mol. The normalized spacial score (nSPS) is 10.7. The van der Waals surface area contributed by atoms with Crippen molar-refractivity contribution in [3.05, 3.63) is 162 Å². The summed E-state index contributed by atoms with van der Waals surface area (Å²) in [6.45, 7) is 1.95. The van der Waals surface area contributed by atoms with E-state index in [1.54, 1.807) is 23.3 Å². The van der Waals surface area contributed by atoms with Crippen LogP contribution in [0, 0.1) is 18.6 Å². The zero-order valence-electron chi connectivity index (χ0n) is 19.6. The number of halogens is 2. The van der Waals surface area contributed by atoms with Gasteiger partial charge in [0.15, 0.2) is 0 Å². The van der Waals surface area contributed by atoms with Crippen molar-refractivity contribution in [2.75, 3.05) is 0 Å². The molecule has 0 aromatic heterocycles. The van der Waals surface area contributed by atoms with Gasteiger partial charge in [-0.1, -0.05) is 71.8 Å². The number of hydrogen-bond donors (Lipinski definition) is 0. The van der Waals surface area contributed by atoms with Gasteiger partial charge in [-0.05, 0) is 6.42 Å². The van der Waals surface area contributed by atoms with Crippen LogP contribution in [-0.2, 0) is 29.8 Å². The van der Waals surface area contributed by atoms with Gasteiger partial charge in [0.25, 0.3) is 0 Å². The predicted molar refractivity (Wildman–Crippen MR) is 154 cm³/mol. The Kier molecular flexibility index (Phi) is 16.1. The second-order valence-electron chi connectivity index (χ2n) is 7.37. The van der Waals surface area contributed by atoms with Crippen LogP contribution >= 0.6 is 24.8 Å². The zero-order chi connectivity index (χ0) is 23.1. The van der Waals surface area contributed by atoms with Crippen LogP contribution in [0.2, 0.25) is 0 Å². The molecule has 4 aromatic carbocycles. The van der Waals surface area contributed by atoms with E-state index in [0.717, 1.165) is 12.8 Å². The van der Waals surface area contributed by atoms with Gasteiger partial charge < -0.3 is 0 Å². The van der Waals surface area contributed by atoms with Gasteiger partial charge in [-0.15, -0.1) is 78.6 Å². The standard InChI is InChI=1S/C13H9.C13H11.C5H5.2ClH.H2Si.Zr/c1-3-7-12-10(5-1)9-11-6-2-4-8-13(11)12;1-3-7-12(8-4-1)11-13-9-5-2-6-10-13;1-2-4-5-3-1;;;;/h1-5,7-8H,9H2;1-11H;1-3H,4H2;2*1H;1H2;/q3*-1;;;;. The third-order valence-corrected chi connectivity index (χ3v) is 5.13. The van der Waals surface area contributed by atoms with E-state index in [2.05, 4.69) is 110 Å². The fourth-order valence-corrected chi connectivity index (χ4v) is 3.63. The molecule has 0 aliphatic heterocycles. The van der Waals surface area contributed by atoms with E-state index in [-0.39, 0.29) is 24.8 Å². The summed E-state index contributed by atoms with van der Waals surface area (Å²) in [6.07, 6.45) is 13.2. The predicted octanol–water partition coefficient (Wildman–Crippen LogP) is 7.58. The first-order chi connectivity index (χ1) is 16.4. The molecule has 35 heavy (non-hydrogen) atoms. The summed E-state index contributed by atoms with van der Waals surface area (Å²) in [4.78, 5) is 0. The topological polar surface area (TPSA) is 0 Å². The fraction of sp³-hybridized carbons (Fsp3) is 0.0645. The molecule has 4 heteroatoms. The number of allylic oxidation sites excluding steroid dienone is 4. The second-order valence-corrected chi connectivity index (χ2v) is 7.37. The second kappa shape index (κ2) is 18.2. The molecule has 2 aliphatic carbocycles. The van der Waals surface area contributed by atoms with Crippen LogP contribution in [0.1, 0.15) is 28.7 Å². The molecule has 0 bridgehead atoms. The summed E-state index contributed by atoms with van der Waals surface area (Å²) >= 11 is 1.58. The summed E-state index contributed by atoms with van der Waals surface area (Å²) < 4.78 is 0. The molecule has 0 N–H and O–H groups in total. The van der Waals surface area contributed by atoms with Crippen molar-refractivity contribution < 1.29 is 23.3 Å². The maximum atomic E-state index is 3.30. The smallest absolute Gasteiger partial charge is 0.0253 e. The first-order valence-electron chi connectivity index (χ1n) is 11.0. The fourth-order valence-electron chi connectivity index (χ4n) is 3.63. The van der Waals surface area contributed by atoms with Gasteiger partial charge in [-0.3, -0.25) is 6.08 Å². The Bertz CT molecular complexity index is 1080. The van der Waals surface area contributed by atoms with Gasteiger partial charge in [0.1, 0.15) is 0 Å². The number of fused-ring (bicyclic) bond motifs is 3. The minimum atomic E-state index is 0. The number of rotatable bonds is 2. The van der Waals surface area contributed by atoms with Gasteiger partial charge in [0, 0.05) is 0 Å². The average Bonchev–Trinajstić information content (AvgIpc) is 3.59. The van der Waals surface area contributed by atoms with Crippen molar-refractivity contribution >= 4 is 31.7 Å². The molecular weight excluding hydrogens is 563 g/mol. The van der Waals surface area contributed by atoms with Crippen LogP contribution < -0.4 is 0 Å². The quantitative estimate of drug-likeness (QED) is 0.147. The van der Waals surface area contributed by atoms with Crippen molar-refractivity contribution in [1.82, 2.24) is 0 Å². The molecule has 6 rings (SSSR count). The van der Waals surface area contributed by atoms with Crippen LogP contribution in [0.25, 0.3) is 11.1 Å². The van der Waals surface area contributed by atoms with Gasteiger partial charge in [-0.2, -0.15) is 35.9 Å². The monoisotopic (exact) mass is 589 g/mol. The molecule has 4 aromatic rings. The molecule has 2 aliphatic rings. The minimum Gasteiger partial charge on any atom is -0.179 e. The van der Waals surface area contributed by atoms with E-state index >= 15 is 0 Å². The number of benzene rings is 4. The molecule has 0 amide bonds. The van der Waals surface area contributed by atoms with E-state index in [9.17, 15) is 0 Å². The van der Waals surface area contributed by atoms with Crippen molar-refractivity contribution in [3.8, 4) is 11.1 Å². The maximum absolute atomic E-state index is 3.30. The van der Waals surface area contributed by atoms with E-state index < -0.39 is 0 Å². The number of hydrogen-bond acceptors (Lipinski definition) is 0. The first kappa shape index (κ1) is 30.9. The molecule has 0 saturated heterocycles. The van der Waals surface area contributed by atoms with Crippen molar-refractivity contribution in [2.45, 2.75) is 12.8 Å². The summed E-state index contributed by atoms with van der Waals surface area (Å²) in [6, 6.07) is 38.8. The van der Waals surface area contributed by atoms with Gasteiger partial charge in [-0.25, -0.2) is 12.2 Å². The Labute approximate surface area is 239 Å². The van der Waals surface area contributed by atoms with Crippen LogP contribution in [0.5, 0.6) is 0 Å². The molecule has 0 saturated carbocycles. The third-order valence-electron chi connectivity index (χ3n) is 5.13. The van der Waals surface area contributed by atoms with E-state index in [1.807, 2.05) is 37.2 Å². The van der Waals surface area contributed by atoms with E-state index in [1.165, 1.54) is 33.4 Å². The van der Waals surface area contributed by atoms with Crippen LogP contribution in [-0.4, -0.2) is 6.88 Å². The molecular formula is C31H29Cl2SiZr-3. The van der Waals surface area contributed by atoms with Crippen LogP contribution in [0.15, 0.2) is 121 Å². The third kappa shape index (κ3) is 10.2. The first-order valence-corrected chi connectivity index (χ1v) is 16.9. The Morgan fingerprint density at radius 1 is 0.686 bits per heavy atom. The van der Waals surface area contributed by atoms with Crippen molar-refractivity contribution in [2.24, 2.45) is 0 Å². The molecule has 0 heterocycles.